The molecule has 0 saturated carbocycles. The van der Waals surface area contributed by atoms with E-state index in [2.05, 4.69) is 15.9 Å². The first-order valence-electron chi connectivity index (χ1n) is 5.29. The fourth-order valence-corrected chi connectivity index (χ4v) is 5.01. The van der Waals surface area contributed by atoms with Crippen molar-refractivity contribution in [1.82, 2.24) is 4.31 Å². The number of thiophene rings is 1. The lowest BCUT2D eigenvalue weighted by Gasteiger charge is -2.22. The molecule has 0 amide bonds. The lowest BCUT2D eigenvalue weighted by Crippen LogP contribution is -2.31. The summed E-state index contributed by atoms with van der Waals surface area (Å²) in [6, 6.07) is 4.05. The van der Waals surface area contributed by atoms with E-state index in [4.69, 9.17) is 0 Å². The highest BCUT2D eigenvalue weighted by Gasteiger charge is 2.34. The lowest BCUT2D eigenvalue weighted by molar-refractivity contribution is 0.402. The van der Waals surface area contributed by atoms with Crippen LogP contribution < -0.4 is 0 Å². The zero-order valence-electron chi connectivity index (χ0n) is 9.02. The molecular formula is C10H14BrNO2S2. The first-order valence-corrected chi connectivity index (χ1v) is 8.51. The SMILES string of the molecule is CCS(=O)(=O)N1CCC[C@@H]1c1ccc(Br)s1. The number of rotatable bonds is 3. The van der Waals surface area contributed by atoms with Crippen LogP contribution in [0.15, 0.2) is 15.9 Å². The molecular weight excluding hydrogens is 310 g/mol. The highest BCUT2D eigenvalue weighted by molar-refractivity contribution is 9.11. The van der Waals surface area contributed by atoms with Gasteiger partial charge in [-0.2, -0.15) is 4.31 Å². The Morgan fingerprint density at radius 2 is 2.31 bits per heavy atom. The van der Waals surface area contributed by atoms with Crippen molar-refractivity contribution in [2.45, 2.75) is 25.8 Å². The first kappa shape index (κ1) is 12.5. The number of halogens is 1. The Labute approximate surface area is 109 Å². The third-order valence-corrected chi connectivity index (χ3v) is 6.45. The van der Waals surface area contributed by atoms with Crippen molar-refractivity contribution in [3.63, 3.8) is 0 Å². The summed E-state index contributed by atoms with van der Waals surface area (Å²) < 4.78 is 26.5. The molecule has 1 fully saturated rings. The highest BCUT2D eigenvalue weighted by atomic mass is 79.9. The molecule has 1 aromatic rings. The molecule has 0 radical (unpaired) electrons. The Morgan fingerprint density at radius 3 is 2.88 bits per heavy atom. The second-order valence-electron chi connectivity index (χ2n) is 3.81. The summed E-state index contributed by atoms with van der Waals surface area (Å²) in [5, 5.41) is 0. The molecule has 2 heterocycles. The van der Waals surface area contributed by atoms with Gasteiger partial charge in [-0.3, -0.25) is 0 Å². The molecule has 1 aliphatic heterocycles. The van der Waals surface area contributed by atoms with Gasteiger partial charge in [-0.05, 0) is 47.8 Å². The van der Waals surface area contributed by atoms with E-state index in [-0.39, 0.29) is 11.8 Å². The number of hydrogen-bond donors (Lipinski definition) is 0. The van der Waals surface area contributed by atoms with Crippen LogP contribution in [0.5, 0.6) is 0 Å². The monoisotopic (exact) mass is 323 g/mol. The van der Waals surface area contributed by atoms with Gasteiger partial charge in [-0.25, -0.2) is 8.42 Å². The molecule has 0 bridgehead atoms. The molecule has 16 heavy (non-hydrogen) atoms. The number of nitrogens with zero attached hydrogens (tertiary/aromatic N) is 1. The summed E-state index contributed by atoms with van der Waals surface area (Å²) in [4.78, 5) is 1.14. The van der Waals surface area contributed by atoms with Gasteiger partial charge in [0.25, 0.3) is 0 Å². The van der Waals surface area contributed by atoms with E-state index >= 15 is 0 Å². The molecule has 6 heteroatoms. The van der Waals surface area contributed by atoms with Crippen LogP contribution in [0.1, 0.15) is 30.7 Å². The minimum Gasteiger partial charge on any atom is -0.212 e. The Kier molecular flexibility index (Phi) is 3.73. The maximum atomic E-state index is 11.9. The smallest absolute Gasteiger partial charge is 0.212 e. The van der Waals surface area contributed by atoms with Gasteiger partial charge < -0.3 is 0 Å². The summed E-state index contributed by atoms with van der Waals surface area (Å²) in [7, 11) is -3.06. The van der Waals surface area contributed by atoms with Gasteiger partial charge in [0.05, 0.1) is 15.6 Å². The molecule has 0 aromatic carbocycles. The second-order valence-corrected chi connectivity index (χ2v) is 8.52. The average Bonchev–Trinajstić information content (AvgIpc) is 2.85. The zero-order valence-corrected chi connectivity index (χ0v) is 12.2. The van der Waals surface area contributed by atoms with Gasteiger partial charge in [-0.15, -0.1) is 11.3 Å². The van der Waals surface area contributed by atoms with E-state index in [0.717, 1.165) is 21.5 Å². The van der Waals surface area contributed by atoms with Crippen molar-refractivity contribution < 1.29 is 8.42 Å². The summed E-state index contributed by atoms with van der Waals surface area (Å²) in [6.07, 6.45) is 1.89. The Morgan fingerprint density at radius 1 is 1.56 bits per heavy atom. The van der Waals surface area contributed by atoms with Gasteiger partial charge >= 0.3 is 0 Å². The average molecular weight is 324 g/mol. The molecule has 1 aliphatic rings. The lowest BCUT2D eigenvalue weighted by atomic mass is 10.2. The van der Waals surface area contributed by atoms with Crippen molar-refractivity contribution in [2.24, 2.45) is 0 Å². The number of sulfonamides is 1. The highest BCUT2D eigenvalue weighted by Crippen LogP contribution is 2.38. The van der Waals surface area contributed by atoms with E-state index in [1.165, 1.54) is 0 Å². The van der Waals surface area contributed by atoms with Crippen molar-refractivity contribution in [2.75, 3.05) is 12.3 Å². The van der Waals surface area contributed by atoms with Crippen molar-refractivity contribution >= 4 is 37.3 Å². The van der Waals surface area contributed by atoms with Gasteiger partial charge in [0.15, 0.2) is 0 Å². The molecule has 3 nitrogen and oxygen atoms in total. The molecule has 1 saturated heterocycles. The van der Waals surface area contributed by atoms with Gasteiger partial charge in [0.1, 0.15) is 0 Å². The molecule has 0 aliphatic carbocycles. The van der Waals surface area contributed by atoms with Crippen LogP contribution in [0.2, 0.25) is 0 Å². The van der Waals surface area contributed by atoms with E-state index < -0.39 is 10.0 Å². The first-order chi connectivity index (χ1) is 7.54. The summed E-state index contributed by atoms with van der Waals surface area (Å²) in [6.45, 7) is 2.37. The van der Waals surface area contributed by atoms with Crippen LogP contribution in [0.4, 0.5) is 0 Å². The predicted octanol–water partition coefficient (Wildman–Crippen LogP) is 3.00. The molecule has 1 atom stereocenters. The fourth-order valence-electron chi connectivity index (χ4n) is 2.03. The number of hydrogen-bond acceptors (Lipinski definition) is 3. The summed E-state index contributed by atoms with van der Waals surface area (Å²) in [5.74, 6) is 0.191. The van der Waals surface area contributed by atoms with E-state index in [0.29, 0.717) is 6.54 Å². The quantitative estimate of drug-likeness (QED) is 0.857. The van der Waals surface area contributed by atoms with Gasteiger partial charge in [0, 0.05) is 11.4 Å². The Balaban J connectivity index is 2.28. The van der Waals surface area contributed by atoms with Crippen LogP contribution in [0.3, 0.4) is 0 Å². The van der Waals surface area contributed by atoms with Crippen LogP contribution in [0, 0.1) is 0 Å². The van der Waals surface area contributed by atoms with Crippen LogP contribution in [-0.2, 0) is 10.0 Å². The molecule has 0 spiro atoms. The van der Waals surface area contributed by atoms with Crippen molar-refractivity contribution in [3.05, 3.63) is 20.8 Å². The molecule has 1 aromatic heterocycles. The second kappa shape index (κ2) is 4.76. The summed E-state index contributed by atoms with van der Waals surface area (Å²) in [5.41, 5.74) is 0. The molecule has 90 valence electrons. The van der Waals surface area contributed by atoms with Gasteiger partial charge in [0.2, 0.25) is 10.0 Å². The molecule has 2 rings (SSSR count). The van der Waals surface area contributed by atoms with Crippen LogP contribution in [-0.4, -0.2) is 25.0 Å². The van der Waals surface area contributed by atoms with E-state index in [1.54, 1.807) is 22.6 Å². The Bertz CT molecular complexity index is 469. The van der Waals surface area contributed by atoms with Gasteiger partial charge in [-0.1, -0.05) is 0 Å². The fraction of sp³-hybridized carbons (Fsp3) is 0.600. The maximum absolute atomic E-state index is 11.9. The van der Waals surface area contributed by atoms with Crippen LogP contribution in [0.25, 0.3) is 0 Å². The van der Waals surface area contributed by atoms with E-state index in [1.807, 2.05) is 12.1 Å². The predicted molar refractivity (Wildman–Crippen MR) is 70.2 cm³/mol. The third kappa shape index (κ3) is 2.34. The standard InChI is InChI=1S/C10H14BrNO2S2/c1-2-16(13,14)12-7-3-4-8(12)9-5-6-10(11)15-9/h5-6,8H,2-4,7H2,1H3/t8-/m1/s1. The van der Waals surface area contributed by atoms with Crippen molar-refractivity contribution in [3.8, 4) is 0 Å². The zero-order chi connectivity index (χ0) is 11.8. The third-order valence-electron chi connectivity index (χ3n) is 2.85. The maximum Gasteiger partial charge on any atom is 0.214 e. The molecule has 0 unspecified atom stereocenters. The minimum atomic E-state index is -3.06. The minimum absolute atomic E-state index is 0.0567. The topological polar surface area (TPSA) is 37.4 Å². The van der Waals surface area contributed by atoms with Crippen LogP contribution >= 0.6 is 27.3 Å². The normalized spacial score (nSPS) is 22.8. The molecule has 0 N–H and O–H groups in total. The van der Waals surface area contributed by atoms with Crippen molar-refractivity contribution in [1.29, 1.82) is 0 Å². The Hall–Kier alpha value is 0.0900. The summed E-state index contributed by atoms with van der Waals surface area (Å²) >= 11 is 5.04. The largest absolute Gasteiger partial charge is 0.214 e. The van der Waals surface area contributed by atoms with E-state index in [9.17, 15) is 8.42 Å².